The van der Waals surface area contributed by atoms with Gasteiger partial charge in [-0.15, -0.1) is 0 Å². The Kier molecular flexibility index (Phi) is 7.08. The number of para-hydroxylation sites is 1. The molecule has 1 aromatic carbocycles. The first-order chi connectivity index (χ1) is 14.5. The maximum Gasteiger partial charge on any atom is 0.146 e. The number of benzene rings is 1. The van der Waals surface area contributed by atoms with E-state index in [0.29, 0.717) is 17.2 Å². The SMILES string of the molecule is C=C/C=C(/c1cc(C)nc2c(OCc3c(Cl)cncc3CCO)cccc12)N(C)C. The van der Waals surface area contributed by atoms with Gasteiger partial charge in [0.2, 0.25) is 0 Å². The average molecular weight is 424 g/mol. The molecule has 156 valence electrons. The summed E-state index contributed by atoms with van der Waals surface area (Å²) in [6.45, 7) is 6.11. The van der Waals surface area contributed by atoms with Crippen molar-refractivity contribution >= 4 is 28.2 Å². The Labute approximate surface area is 182 Å². The molecule has 3 rings (SSSR count). The van der Waals surface area contributed by atoms with E-state index in [9.17, 15) is 5.11 Å². The first kappa shape index (κ1) is 21.8. The summed E-state index contributed by atoms with van der Waals surface area (Å²) >= 11 is 6.35. The van der Waals surface area contributed by atoms with Crippen LogP contribution in [0.3, 0.4) is 0 Å². The highest BCUT2D eigenvalue weighted by Gasteiger charge is 2.15. The molecule has 0 saturated heterocycles. The lowest BCUT2D eigenvalue weighted by molar-refractivity contribution is 0.292. The lowest BCUT2D eigenvalue weighted by Gasteiger charge is -2.20. The minimum Gasteiger partial charge on any atom is -0.487 e. The third-order valence-corrected chi connectivity index (χ3v) is 5.14. The molecular formula is C24H26ClN3O2. The lowest BCUT2D eigenvalue weighted by atomic mass is 10.0. The number of aryl methyl sites for hydroxylation is 1. The number of allylic oxidation sites excluding steroid dienone is 2. The summed E-state index contributed by atoms with van der Waals surface area (Å²) in [7, 11) is 4.01. The summed E-state index contributed by atoms with van der Waals surface area (Å²) in [5.41, 5.74) is 5.49. The molecule has 0 spiro atoms. The van der Waals surface area contributed by atoms with Crippen molar-refractivity contribution in [2.45, 2.75) is 20.0 Å². The number of fused-ring (bicyclic) bond motifs is 1. The second-order valence-corrected chi connectivity index (χ2v) is 7.57. The van der Waals surface area contributed by atoms with Crippen molar-refractivity contribution in [1.82, 2.24) is 14.9 Å². The largest absolute Gasteiger partial charge is 0.487 e. The van der Waals surface area contributed by atoms with Crippen molar-refractivity contribution in [2.24, 2.45) is 0 Å². The van der Waals surface area contributed by atoms with Gasteiger partial charge in [0.1, 0.15) is 17.9 Å². The molecule has 3 aromatic rings. The topological polar surface area (TPSA) is 58.5 Å². The summed E-state index contributed by atoms with van der Waals surface area (Å²) in [5, 5.41) is 10.8. The average Bonchev–Trinajstić information content (AvgIpc) is 2.71. The number of pyridine rings is 2. The fourth-order valence-corrected chi connectivity index (χ4v) is 3.65. The molecule has 6 heteroatoms. The molecule has 1 N–H and O–H groups in total. The summed E-state index contributed by atoms with van der Waals surface area (Å²) in [5.74, 6) is 0.678. The number of aliphatic hydroxyl groups is 1. The van der Waals surface area contributed by atoms with Crippen molar-refractivity contribution in [2.75, 3.05) is 20.7 Å². The van der Waals surface area contributed by atoms with Crippen LogP contribution in [0.25, 0.3) is 16.6 Å². The van der Waals surface area contributed by atoms with Crippen LogP contribution in [0.2, 0.25) is 5.02 Å². The second kappa shape index (κ2) is 9.74. The normalized spacial score (nSPS) is 11.6. The Hall–Kier alpha value is -2.89. The minimum atomic E-state index is 0.0242. The second-order valence-electron chi connectivity index (χ2n) is 7.17. The Bertz CT molecular complexity index is 1090. The van der Waals surface area contributed by atoms with Gasteiger partial charge in [0.25, 0.3) is 0 Å². The summed E-state index contributed by atoms with van der Waals surface area (Å²) in [6, 6.07) is 7.98. The van der Waals surface area contributed by atoms with Crippen molar-refractivity contribution in [3.05, 3.63) is 82.8 Å². The number of rotatable bonds is 8. The Morgan fingerprint density at radius 3 is 2.80 bits per heavy atom. The van der Waals surface area contributed by atoms with E-state index in [4.69, 9.17) is 21.3 Å². The van der Waals surface area contributed by atoms with E-state index >= 15 is 0 Å². The molecule has 0 saturated carbocycles. The summed E-state index contributed by atoms with van der Waals surface area (Å²) in [6.07, 6.45) is 7.55. The van der Waals surface area contributed by atoms with Crippen LogP contribution in [0, 0.1) is 6.92 Å². The zero-order valence-corrected chi connectivity index (χ0v) is 18.3. The van der Waals surface area contributed by atoms with Gasteiger partial charge in [-0.1, -0.05) is 36.4 Å². The predicted molar refractivity (Wildman–Crippen MR) is 123 cm³/mol. The standard InChI is InChI=1S/C24H26ClN3O2/c1-5-7-22(28(3)4)19-12-16(2)27-24-18(19)8-6-9-23(24)30-15-20-17(10-11-29)13-26-14-21(20)25/h5-9,12-14,29H,1,10-11,15H2,2-4H3/b22-7-. The van der Waals surface area contributed by atoms with Gasteiger partial charge in [-0.2, -0.15) is 0 Å². The monoisotopic (exact) mass is 423 g/mol. The van der Waals surface area contributed by atoms with Crippen LogP contribution >= 0.6 is 11.6 Å². The molecular weight excluding hydrogens is 398 g/mol. The third kappa shape index (κ3) is 4.64. The third-order valence-electron chi connectivity index (χ3n) is 4.81. The number of aliphatic hydroxyl groups excluding tert-OH is 1. The Morgan fingerprint density at radius 1 is 1.30 bits per heavy atom. The predicted octanol–water partition coefficient (Wildman–Crippen LogP) is 4.79. The number of halogens is 1. The smallest absolute Gasteiger partial charge is 0.146 e. The molecule has 0 bridgehead atoms. The first-order valence-corrected chi connectivity index (χ1v) is 10.1. The molecule has 0 unspecified atom stereocenters. The van der Waals surface area contributed by atoms with Crippen molar-refractivity contribution in [3.63, 3.8) is 0 Å². The van der Waals surface area contributed by atoms with Crippen LogP contribution in [-0.4, -0.2) is 40.7 Å². The van der Waals surface area contributed by atoms with Crippen molar-refractivity contribution in [3.8, 4) is 5.75 Å². The van der Waals surface area contributed by atoms with Gasteiger partial charge in [-0.3, -0.25) is 4.98 Å². The number of nitrogens with zero attached hydrogens (tertiary/aromatic N) is 3. The Morgan fingerprint density at radius 2 is 2.10 bits per heavy atom. The van der Waals surface area contributed by atoms with Crippen molar-refractivity contribution < 1.29 is 9.84 Å². The van der Waals surface area contributed by atoms with Crippen LogP contribution < -0.4 is 4.74 Å². The quantitative estimate of drug-likeness (QED) is 0.527. The molecule has 0 fully saturated rings. The number of aromatic nitrogens is 2. The van der Waals surface area contributed by atoms with Gasteiger partial charge in [-0.05, 0) is 37.1 Å². The molecule has 0 radical (unpaired) electrons. The van der Waals surface area contributed by atoms with E-state index < -0.39 is 0 Å². The molecule has 0 amide bonds. The van der Waals surface area contributed by atoms with E-state index in [1.165, 1.54) is 0 Å². The number of hydrogen-bond acceptors (Lipinski definition) is 5. The van der Waals surface area contributed by atoms with E-state index in [1.807, 2.05) is 45.3 Å². The molecule has 0 aliphatic carbocycles. The highest BCUT2D eigenvalue weighted by atomic mass is 35.5. The van der Waals surface area contributed by atoms with E-state index in [-0.39, 0.29) is 13.2 Å². The molecule has 2 aromatic heterocycles. The molecule has 30 heavy (non-hydrogen) atoms. The fraction of sp³-hybridized carbons (Fsp3) is 0.250. The van der Waals surface area contributed by atoms with Gasteiger partial charge in [0.05, 0.1) is 5.02 Å². The summed E-state index contributed by atoms with van der Waals surface area (Å²) in [4.78, 5) is 10.9. The van der Waals surface area contributed by atoms with Gasteiger partial charge < -0.3 is 14.7 Å². The lowest BCUT2D eigenvalue weighted by Crippen LogP contribution is -2.11. The van der Waals surface area contributed by atoms with Crippen LogP contribution in [0.4, 0.5) is 0 Å². The zero-order valence-electron chi connectivity index (χ0n) is 17.5. The molecule has 0 atom stereocenters. The van der Waals surface area contributed by atoms with Crippen LogP contribution in [0.1, 0.15) is 22.4 Å². The number of ether oxygens (including phenoxy) is 1. The minimum absolute atomic E-state index is 0.0242. The van der Waals surface area contributed by atoms with E-state index in [1.54, 1.807) is 18.5 Å². The number of hydrogen-bond donors (Lipinski definition) is 1. The Balaban J connectivity index is 2.05. The van der Waals surface area contributed by atoms with E-state index in [2.05, 4.69) is 22.5 Å². The molecule has 2 heterocycles. The van der Waals surface area contributed by atoms with Crippen LogP contribution in [0.5, 0.6) is 5.75 Å². The van der Waals surface area contributed by atoms with Crippen LogP contribution in [0.15, 0.2) is 55.4 Å². The first-order valence-electron chi connectivity index (χ1n) is 9.72. The van der Waals surface area contributed by atoms with Gasteiger partial charge in [0.15, 0.2) is 0 Å². The summed E-state index contributed by atoms with van der Waals surface area (Å²) < 4.78 is 6.17. The van der Waals surface area contributed by atoms with Crippen LogP contribution in [-0.2, 0) is 13.0 Å². The van der Waals surface area contributed by atoms with E-state index in [0.717, 1.165) is 39.0 Å². The molecule has 0 aliphatic rings. The van der Waals surface area contributed by atoms with Gasteiger partial charge >= 0.3 is 0 Å². The van der Waals surface area contributed by atoms with Crippen molar-refractivity contribution in [1.29, 1.82) is 0 Å². The highest BCUT2D eigenvalue weighted by Crippen LogP contribution is 2.32. The zero-order chi connectivity index (χ0) is 21.7. The highest BCUT2D eigenvalue weighted by molar-refractivity contribution is 6.31. The fourth-order valence-electron chi connectivity index (χ4n) is 3.42. The van der Waals surface area contributed by atoms with Gasteiger partial charge in [-0.25, -0.2) is 4.98 Å². The molecule has 5 nitrogen and oxygen atoms in total. The van der Waals surface area contributed by atoms with Gasteiger partial charge in [0, 0.05) is 61.0 Å². The maximum atomic E-state index is 9.33. The molecule has 0 aliphatic heterocycles. The maximum absolute atomic E-state index is 9.33.